The number of carbonyl (C=O) groups is 1. The van der Waals surface area contributed by atoms with Crippen molar-refractivity contribution in [1.82, 2.24) is 10.1 Å². The van der Waals surface area contributed by atoms with E-state index in [1.54, 1.807) is 46.8 Å². The molecule has 3 heterocycles. The molecule has 0 aliphatic carbocycles. The average Bonchev–Trinajstić information content (AvgIpc) is 3.32. The number of hydrogen-bond acceptors (Lipinski definition) is 5. The van der Waals surface area contributed by atoms with Crippen LogP contribution in [0.25, 0.3) is 22.6 Å². The summed E-state index contributed by atoms with van der Waals surface area (Å²) in [6.45, 7) is 1.78. The minimum Gasteiger partial charge on any atom is -0.452 e. The molecule has 4 aromatic rings. The van der Waals surface area contributed by atoms with Crippen LogP contribution in [0.15, 0.2) is 75.0 Å². The molecule has 0 spiro atoms. The first kappa shape index (κ1) is 21.1. The Morgan fingerprint density at radius 2 is 1.94 bits per heavy atom. The van der Waals surface area contributed by atoms with Crippen LogP contribution in [-0.4, -0.2) is 22.2 Å². The van der Waals surface area contributed by atoms with E-state index in [1.807, 2.05) is 24.5 Å². The number of aromatic nitrogens is 3. The maximum atomic E-state index is 13.4. The molecule has 1 amide bonds. The van der Waals surface area contributed by atoms with E-state index >= 15 is 0 Å². The topological polar surface area (TPSA) is 83.1 Å². The molecule has 1 atom stereocenters. The summed E-state index contributed by atoms with van der Waals surface area (Å²) in [5, 5.41) is 5.05. The SMILES string of the molecule is CCC(=O)N1c2ccccc2-c2c(=O)[nH]c(SC)n[n+]2C1c1ccc(-c2ccc(F)cc2)o1. The molecule has 2 aromatic heterocycles. The van der Waals surface area contributed by atoms with E-state index in [2.05, 4.69) is 10.1 Å². The summed E-state index contributed by atoms with van der Waals surface area (Å²) < 4.78 is 21.1. The number of para-hydroxylation sites is 1. The van der Waals surface area contributed by atoms with Gasteiger partial charge in [-0.15, -0.1) is 0 Å². The second kappa shape index (κ2) is 8.32. The van der Waals surface area contributed by atoms with Gasteiger partial charge in [0, 0.05) is 17.1 Å². The lowest BCUT2D eigenvalue weighted by Gasteiger charge is -2.30. The average molecular weight is 464 g/mol. The lowest BCUT2D eigenvalue weighted by Crippen LogP contribution is -2.60. The largest absolute Gasteiger partial charge is 0.452 e. The van der Waals surface area contributed by atoms with Crippen LogP contribution in [-0.2, 0) is 4.79 Å². The van der Waals surface area contributed by atoms with Crippen LogP contribution in [0.5, 0.6) is 0 Å². The highest BCUT2D eigenvalue weighted by Crippen LogP contribution is 2.38. The zero-order valence-electron chi connectivity index (χ0n) is 17.9. The van der Waals surface area contributed by atoms with E-state index in [-0.39, 0.29) is 23.7 Å². The number of rotatable bonds is 4. The molecule has 166 valence electrons. The Balaban J connectivity index is 1.75. The number of carbonyl (C=O) groups excluding carboxylic acids is 1. The van der Waals surface area contributed by atoms with Crippen LogP contribution >= 0.6 is 11.8 Å². The lowest BCUT2D eigenvalue weighted by atomic mass is 10.0. The Morgan fingerprint density at radius 3 is 2.67 bits per heavy atom. The molecule has 1 aliphatic rings. The Kier molecular flexibility index (Phi) is 5.33. The number of halogens is 1. The van der Waals surface area contributed by atoms with Crippen molar-refractivity contribution in [2.75, 3.05) is 11.2 Å². The second-order valence-electron chi connectivity index (χ2n) is 7.47. The minimum absolute atomic E-state index is 0.141. The standard InChI is InChI=1S/C24H19FN4O3S/c1-3-20(30)28-17-7-5-4-6-16(17)21-22(31)26-24(33-2)27-29(21)23(28)19-13-12-18(32-19)14-8-10-15(25)11-9-14/h4-13,23H,3H2,1-2H3/p+1. The molecule has 9 heteroatoms. The summed E-state index contributed by atoms with van der Waals surface area (Å²) in [5.41, 5.74) is 1.95. The molecule has 2 aromatic carbocycles. The van der Waals surface area contributed by atoms with Crippen LogP contribution in [0.1, 0.15) is 25.3 Å². The van der Waals surface area contributed by atoms with Gasteiger partial charge in [0.05, 0.1) is 11.3 Å². The fourth-order valence-corrected chi connectivity index (χ4v) is 4.39. The summed E-state index contributed by atoms with van der Waals surface area (Å²) in [7, 11) is 0. The summed E-state index contributed by atoms with van der Waals surface area (Å²) in [4.78, 5) is 30.7. The van der Waals surface area contributed by atoms with Crippen molar-refractivity contribution in [1.29, 1.82) is 0 Å². The number of nitrogens with zero attached hydrogens (tertiary/aromatic N) is 3. The lowest BCUT2D eigenvalue weighted by molar-refractivity contribution is -0.764. The van der Waals surface area contributed by atoms with Gasteiger partial charge in [0.1, 0.15) is 11.6 Å². The molecule has 0 saturated carbocycles. The van der Waals surface area contributed by atoms with E-state index < -0.39 is 6.17 Å². The van der Waals surface area contributed by atoms with Crippen molar-refractivity contribution in [3.05, 3.63) is 82.6 Å². The number of amides is 1. The number of anilines is 1. The summed E-state index contributed by atoms with van der Waals surface area (Å²) in [6.07, 6.45) is 1.26. The molecule has 1 N–H and O–H groups in total. The molecule has 0 bridgehead atoms. The molecule has 0 radical (unpaired) electrons. The van der Waals surface area contributed by atoms with E-state index in [1.165, 1.54) is 23.9 Å². The highest BCUT2D eigenvalue weighted by Gasteiger charge is 2.47. The number of benzene rings is 2. The Morgan fingerprint density at radius 1 is 1.18 bits per heavy atom. The monoisotopic (exact) mass is 463 g/mol. The Labute approximate surface area is 192 Å². The summed E-state index contributed by atoms with van der Waals surface area (Å²) in [5.74, 6) is 0.469. The molecule has 1 unspecified atom stereocenters. The van der Waals surface area contributed by atoms with Gasteiger partial charge >= 0.3 is 17.4 Å². The van der Waals surface area contributed by atoms with Crippen LogP contribution in [0.4, 0.5) is 10.1 Å². The molecular weight excluding hydrogens is 443 g/mol. The van der Waals surface area contributed by atoms with Crippen LogP contribution < -0.4 is 15.1 Å². The van der Waals surface area contributed by atoms with Crippen molar-refractivity contribution in [3.63, 3.8) is 0 Å². The van der Waals surface area contributed by atoms with Gasteiger partial charge < -0.3 is 4.42 Å². The third-order valence-electron chi connectivity index (χ3n) is 5.53. The molecule has 0 fully saturated rings. The van der Waals surface area contributed by atoms with Gasteiger partial charge in [-0.2, -0.15) is 0 Å². The number of fused-ring (bicyclic) bond motifs is 3. The summed E-state index contributed by atoms with van der Waals surface area (Å²) >= 11 is 1.30. The zero-order valence-corrected chi connectivity index (χ0v) is 18.7. The van der Waals surface area contributed by atoms with Crippen LogP contribution in [0.2, 0.25) is 0 Å². The fourth-order valence-electron chi connectivity index (χ4n) is 4.02. The molecule has 7 nitrogen and oxygen atoms in total. The number of thioether (sulfide) groups is 1. The van der Waals surface area contributed by atoms with Crippen LogP contribution in [0, 0.1) is 5.82 Å². The molecule has 0 saturated heterocycles. The Bertz CT molecular complexity index is 1410. The summed E-state index contributed by atoms with van der Waals surface area (Å²) in [6, 6.07) is 16.7. The van der Waals surface area contributed by atoms with Gasteiger partial charge in [-0.1, -0.05) is 30.8 Å². The predicted molar refractivity (Wildman–Crippen MR) is 122 cm³/mol. The maximum absolute atomic E-state index is 13.4. The highest BCUT2D eigenvalue weighted by molar-refractivity contribution is 7.98. The van der Waals surface area contributed by atoms with Crippen molar-refractivity contribution < 1.29 is 18.3 Å². The molecular formula is C24H20FN4O3S+. The molecule has 1 aliphatic heterocycles. The van der Waals surface area contributed by atoms with E-state index in [4.69, 9.17) is 4.42 Å². The highest BCUT2D eigenvalue weighted by atomic mass is 32.2. The number of H-pyrrole nitrogens is 1. The van der Waals surface area contributed by atoms with Crippen LogP contribution in [0.3, 0.4) is 0 Å². The third kappa shape index (κ3) is 3.54. The first-order valence-corrected chi connectivity index (χ1v) is 11.6. The number of nitrogens with one attached hydrogen (secondary N) is 1. The Hall–Kier alpha value is -3.72. The van der Waals surface area contributed by atoms with E-state index in [9.17, 15) is 14.0 Å². The smallest absolute Gasteiger partial charge is 0.325 e. The first-order chi connectivity index (χ1) is 16.0. The normalized spacial score (nSPS) is 14.6. The third-order valence-corrected chi connectivity index (χ3v) is 6.10. The fraction of sp³-hybridized carbons (Fsp3) is 0.167. The zero-order chi connectivity index (χ0) is 23.1. The predicted octanol–water partition coefficient (Wildman–Crippen LogP) is 4.15. The van der Waals surface area contributed by atoms with Gasteiger partial charge in [0.2, 0.25) is 11.1 Å². The van der Waals surface area contributed by atoms with Gasteiger partial charge in [0.15, 0.2) is 5.76 Å². The van der Waals surface area contributed by atoms with Crippen molar-refractivity contribution in [2.45, 2.75) is 24.7 Å². The van der Waals surface area contributed by atoms with Gasteiger partial charge in [0.25, 0.3) is 0 Å². The van der Waals surface area contributed by atoms with Gasteiger partial charge in [-0.25, -0.2) is 9.29 Å². The van der Waals surface area contributed by atoms with E-state index in [0.717, 1.165) is 0 Å². The van der Waals surface area contributed by atoms with Crippen molar-refractivity contribution in [3.8, 4) is 22.6 Å². The molecule has 5 rings (SSSR count). The van der Waals surface area contributed by atoms with E-state index in [0.29, 0.717) is 39.2 Å². The number of hydrogen-bond donors (Lipinski definition) is 1. The number of aromatic amines is 1. The van der Waals surface area contributed by atoms with Crippen molar-refractivity contribution in [2.24, 2.45) is 0 Å². The minimum atomic E-state index is -0.801. The second-order valence-corrected chi connectivity index (χ2v) is 8.27. The van der Waals surface area contributed by atoms with Gasteiger partial charge in [-0.05, 0) is 59.5 Å². The quantitative estimate of drug-likeness (QED) is 0.363. The van der Waals surface area contributed by atoms with Gasteiger partial charge in [-0.3, -0.25) is 14.6 Å². The first-order valence-electron chi connectivity index (χ1n) is 10.4. The maximum Gasteiger partial charge on any atom is 0.325 e. The number of furan rings is 1. The van der Waals surface area contributed by atoms with Crippen molar-refractivity contribution >= 4 is 23.4 Å². The molecule has 33 heavy (non-hydrogen) atoms.